The van der Waals surface area contributed by atoms with Gasteiger partial charge in [0.15, 0.2) is 0 Å². The van der Waals surface area contributed by atoms with E-state index in [0.717, 1.165) is 27.9 Å². The zero-order valence-corrected chi connectivity index (χ0v) is 14.3. The van der Waals surface area contributed by atoms with Crippen molar-refractivity contribution in [2.24, 2.45) is 0 Å². The van der Waals surface area contributed by atoms with Gasteiger partial charge in [-0.05, 0) is 42.2 Å². The number of anilines is 1. The first-order chi connectivity index (χ1) is 11.6. The van der Waals surface area contributed by atoms with Crippen LogP contribution in [0.1, 0.15) is 27.8 Å². The lowest BCUT2D eigenvalue weighted by molar-refractivity contribution is 0.0625. The predicted molar refractivity (Wildman–Crippen MR) is 99.1 cm³/mol. The zero-order valence-electron chi connectivity index (χ0n) is 14.3. The van der Waals surface area contributed by atoms with Gasteiger partial charge in [-0.2, -0.15) is 0 Å². The van der Waals surface area contributed by atoms with Crippen molar-refractivity contribution in [1.82, 2.24) is 0 Å². The van der Waals surface area contributed by atoms with Crippen molar-refractivity contribution in [3.63, 3.8) is 0 Å². The molecule has 2 N–H and O–H groups in total. The molecular formula is C22H21NO. The summed E-state index contributed by atoms with van der Waals surface area (Å²) in [6.45, 7) is 4.19. The Morgan fingerprint density at radius 2 is 1.38 bits per heavy atom. The molecule has 0 fully saturated rings. The van der Waals surface area contributed by atoms with Gasteiger partial charge < -0.3 is 10.5 Å². The van der Waals surface area contributed by atoms with Crippen molar-refractivity contribution in [3.8, 4) is 11.1 Å². The molecule has 24 heavy (non-hydrogen) atoms. The predicted octanol–water partition coefficient (Wildman–Crippen LogP) is 4.80. The molecule has 0 unspecified atom stereocenters. The molecule has 120 valence electrons. The van der Waals surface area contributed by atoms with Crippen molar-refractivity contribution < 1.29 is 4.74 Å². The van der Waals surface area contributed by atoms with Gasteiger partial charge in [-0.15, -0.1) is 0 Å². The van der Waals surface area contributed by atoms with Crippen LogP contribution in [0.5, 0.6) is 0 Å². The highest BCUT2D eigenvalue weighted by Gasteiger charge is 2.46. The Morgan fingerprint density at radius 3 is 1.88 bits per heavy atom. The van der Waals surface area contributed by atoms with Crippen LogP contribution in [0, 0.1) is 13.8 Å². The number of ether oxygens (including phenoxy) is 1. The average Bonchev–Trinajstić information content (AvgIpc) is 2.86. The first-order valence-electron chi connectivity index (χ1n) is 8.21. The second-order valence-corrected chi connectivity index (χ2v) is 6.52. The third kappa shape index (κ3) is 1.80. The third-order valence-electron chi connectivity index (χ3n) is 5.07. The summed E-state index contributed by atoms with van der Waals surface area (Å²) in [6.07, 6.45) is 0. The van der Waals surface area contributed by atoms with Crippen LogP contribution in [0.4, 0.5) is 5.69 Å². The van der Waals surface area contributed by atoms with Crippen molar-refractivity contribution in [1.29, 1.82) is 0 Å². The second-order valence-electron chi connectivity index (χ2n) is 6.52. The van der Waals surface area contributed by atoms with Crippen LogP contribution in [0.3, 0.4) is 0 Å². The Morgan fingerprint density at radius 1 is 0.833 bits per heavy atom. The van der Waals surface area contributed by atoms with Crippen LogP contribution < -0.4 is 5.73 Å². The van der Waals surface area contributed by atoms with Crippen LogP contribution >= 0.6 is 0 Å². The van der Waals surface area contributed by atoms with Gasteiger partial charge in [-0.25, -0.2) is 0 Å². The highest BCUT2D eigenvalue weighted by atomic mass is 16.5. The number of benzene rings is 3. The van der Waals surface area contributed by atoms with E-state index in [1.54, 1.807) is 7.11 Å². The highest BCUT2D eigenvalue weighted by molar-refractivity contribution is 5.84. The van der Waals surface area contributed by atoms with Crippen LogP contribution in [-0.2, 0) is 10.3 Å². The maximum absolute atomic E-state index is 6.50. The van der Waals surface area contributed by atoms with E-state index in [1.807, 2.05) is 6.07 Å². The molecule has 0 saturated heterocycles. The Bertz CT molecular complexity index is 874. The first-order valence-corrected chi connectivity index (χ1v) is 8.21. The molecule has 2 nitrogen and oxygen atoms in total. The number of methoxy groups -OCH3 is 1. The van der Waals surface area contributed by atoms with E-state index in [1.165, 1.54) is 16.7 Å². The third-order valence-corrected chi connectivity index (χ3v) is 5.07. The number of rotatable bonds is 2. The Hall–Kier alpha value is -2.58. The summed E-state index contributed by atoms with van der Waals surface area (Å²) >= 11 is 0. The van der Waals surface area contributed by atoms with E-state index >= 15 is 0 Å². The molecule has 0 atom stereocenters. The minimum absolute atomic E-state index is 0.658. The summed E-state index contributed by atoms with van der Waals surface area (Å²) in [4.78, 5) is 0. The topological polar surface area (TPSA) is 35.2 Å². The molecule has 0 amide bonds. The quantitative estimate of drug-likeness (QED) is 0.689. The van der Waals surface area contributed by atoms with Gasteiger partial charge in [0.2, 0.25) is 0 Å². The van der Waals surface area contributed by atoms with Crippen molar-refractivity contribution in [2.45, 2.75) is 19.4 Å². The molecule has 0 radical (unpaired) electrons. The number of hydrogen-bond acceptors (Lipinski definition) is 2. The fourth-order valence-corrected chi connectivity index (χ4v) is 4.27. The second kappa shape index (κ2) is 5.22. The van der Waals surface area contributed by atoms with E-state index in [9.17, 15) is 0 Å². The normalized spacial score (nSPS) is 14.3. The first kappa shape index (κ1) is 15.0. The summed E-state index contributed by atoms with van der Waals surface area (Å²) in [5.41, 5.74) is 14.7. The fourth-order valence-electron chi connectivity index (χ4n) is 4.27. The minimum Gasteiger partial charge on any atom is -0.398 e. The monoisotopic (exact) mass is 315 g/mol. The molecule has 4 rings (SSSR count). The molecule has 3 aromatic carbocycles. The Kier molecular flexibility index (Phi) is 3.26. The zero-order chi connectivity index (χ0) is 16.9. The lowest BCUT2D eigenvalue weighted by Crippen LogP contribution is -2.31. The van der Waals surface area contributed by atoms with Gasteiger partial charge in [0.25, 0.3) is 0 Å². The SMILES string of the molecule is COC1(c2c(C)cc(C)cc2N)c2ccccc2-c2ccccc21. The largest absolute Gasteiger partial charge is 0.398 e. The van der Waals surface area contributed by atoms with Gasteiger partial charge >= 0.3 is 0 Å². The number of nitrogens with two attached hydrogens (primary N) is 1. The number of hydrogen-bond donors (Lipinski definition) is 1. The van der Waals surface area contributed by atoms with Crippen LogP contribution in [-0.4, -0.2) is 7.11 Å². The molecule has 2 heteroatoms. The molecule has 0 aliphatic heterocycles. The lowest BCUT2D eigenvalue weighted by Gasteiger charge is -2.34. The average molecular weight is 315 g/mol. The molecule has 0 bridgehead atoms. The number of aryl methyl sites for hydroxylation is 2. The van der Waals surface area contributed by atoms with Crippen molar-refractivity contribution in [3.05, 3.63) is 88.5 Å². The number of fused-ring (bicyclic) bond motifs is 3. The van der Waals surface area contributed by atoms with E-state index in [2.05, 4.69) is 68.4 Å². The van der Waals surface area contributed by atoms with Gasteiger partial charge in [0.05, 0.1) is 0 Å². The van der Waals surface area contributed by atoms with Crippen LogP contribution in [0.15, 0.2) is 60.7 Å². The lowest BCUT2D eigenvalue weighted by atomic mass is 9.80. The van der Waals surface area contributed by atoms with Gasteiger partial charge in [-0.1, -0.05) is 54.6 Å². The molecule has 1 aliphatic rings. The van der Waals surface area contributed by atoms with E-state index in [4.69, 9.17) is 10.5 Å². The minimum atomic E-state index is -0.658. The molecule has 3 aromatic rings. The molecule has 0 saturated carbocycles. The summed E-state index contributed by atoms with van der Waals surface area (Å²) in [5.74, 6) is 0. The van der Waals surface area contributed by atoms with Crippen molar-refractivity contribution in [2.75, 3.05) is 12.8 Å². The van der Waals surface area contributed by atoms with Crippen molar-refractivity contribution >= 4 is 5.69 Å². The van der Waals surface area contributed by atoms with E-state index < -0.39 is 5.60 Å². The maximum atomic E-state index is 6.50. The summed E-state index contributed by atoms with van der Waals surface area (Å²) < 4.78 is 6.26. The smallest absolute Gasteiger partial charge is 0.146 e. The summed E-state index contributed by atoms with van der Waals surface area (Å²) in [7, 11) is 1.78. The molecule has 0 heterocycles. The standard InChI is InChI=1S/C22H21NO/c1-14-12-15(2)21(20(23)13-14)22(24-3)18-10-6-4-8-16(18)17-9-5-7-11-19(17)22/h4-13H,23H2,1-3H3. The summed E-state index contributed by atoms with van der Waals surface area (Å²) in [5, 5.41) is 0. The number of nitrogen functional groups attached to an aromatic ring is 1. The van der Waals surface area contributed by atoms with Gasteiger partial charge in [-0.3, -0.25) is 0 Å². The highest BCUT2D eigenvalue weighted by Crippen LogP contribution is 2.54. The van der Waals surface area contributed by atoms with Gasteiger partial charge in [0, 0.05) is 29.5 Å². The molecular weight excluding hydrogens is 294 g/mol. The maximum Gasteiger partial charge on any atom is 0.146 e. The Labute approximate surface area is 142 Å². The van der Waals surface area contributed by atoms with E-state index in [0.29, 0.717) is 0 Å². The Balaban J connectivity index is 2.16. The molecule has 0 spiro atoms. The molecule has 1 aliphatic carbocycles. The van der Waals surface area contributed by atoms with Crippen LogP contribution in [0.25, 0.3) is 11.1 Å². The summed E-state index contributed by atoms with van der Waals surface area (Å²) in [6, 6.07) is 21.1. The van der Waals surface area contributed by atoms with E-state index in [-0.39, 0.29) is 0 Å². The fraction of sp³-hybridized carbons (Fsp3) is 0.182. The van der Waals surface area contributed by atoms with Gasteiger partial charge in [0.1, 0.15) is 5.60 Å². The van der Waals surface area contributed by atoms with Crippen LogP contribution in [0.2, 0.25) is 0 Å². The molecule has 0 aromatic heterocycles.